The van der Waals surface area contributed by atoms with Gasteiger partial charge >= 0.3 is 0 Å². The van der Waals surface area contributed by atoms with Crippen molar-refractivity contribution in [2.45, 2.75) is 94.2 Å². The van der Waals surface area contributed by atoms with Crippen molar-refractivity contribution >= 4 is 29.1 Å². The summed E-state index contributed by atoms with van der Waals surface area (Å²) < 4.78 is 17.2. The third-order valence-corrected chi connectivity index (χ3v) is 20.2. The maximum absolute atomic E-state index is 13.1. The SMILES string of the molecule is CCN1CC2(CCN(C(=O)c3ccc(C#Cc4ccccc4)o3)CC2)c2cc(CN)ccc21.NCc1ccc2c(c1)C1(CC2)CCN(C(=O)c2ccc(C#Cc3ccccc3)o2)CC1.NCc1ccc2c(c1)C1(CCN(C(=O)c3ccc(C#Cc4ccccc4)o3)CC1)CN2. The zero-order valence-corrected chi connectivity index (χ0v) is 53.9. The van der Waals surface area contributed by atoms with Crippen LogP contribution in [0.5, 0.6) is 0 Å². The summed E-state index contributed by atoms with van der Waals surface area (Å²) in [6, 6.07) is 59.5. The number of piperidine rings is 3. The molecule has 3 saturated heterocycles. The lowest BCUT2D eigenvalue weighted by Crippen LogP contribution is -2.47. The van der Waals surface area contributed by atoms with Crippen LogP contribution in [0.1, 0.15) is 156 Å². The lowest BCUT2D eigenvalue weighted by Gasteiger charge is -2.40. The van der Waals surface area contributed by atoms with Crippen LogP contribution in [0.2, 0.25) is 0 Å². The summed E-state index contributed by atoms with van der Waals surface area (Å²) in [7, 11) is 0. The third-order valence-electron chi connectivity index (χ3n) is 20.2. The number of nitrogens with zero attached hydrogens (tertiary/aromatic N) is 4. The van der Waals surface area contributed by atoms with E-state index in [1.807, 2.05) is 106 Å². The average molecular weight is 1260 g/mol. The van der Waals surface area contributed by atoms with Crippen LogP contribution >= 0.6 is 0 Å². The molecule has 6 aromatic carbocycles. The van der Waals surface area contributed by atoms with Gasteiger partial charge in [0.05, 0.1) is 0 Å². The van der Waals surface area contributed by atoms with Crippen molar-refractivity contribution in [2.75, 3.05) is 69.1 Å². The molecular formula is C81H80N8O6. The molecule has 0 saturated carbocycles. The lowest BCUT2D eigenvalue weighted by atomic mass is 9.73. The number of carbonyl (C=O) groups excluding carboxylic acids is 3. The van der Waals surface area contributed by atoms with Gasteiger partial charge in [0.15, 0.2) is 34.6 Å². The molecule has 6 aliphatic rings. The quantitative estimate of drug-likeness (QED) is 0.111. The molecule has 14 heteroatoms. The molecule has 480 valence electrons. The number of anilines is 2. The number of aryl methyl sites for hydroxylation is 1. The van der Waals surface area contributed by atoms with Gasteiger partial charge in [0, 0.05) is 117 Å². The molecule has 1 aliphatic carbocycles. The highest BCUT2D eigenvalue weighted by molar-refractivity contribution is 5.93. The van der Waals surface area contributed by atoms with E-state index >= 15 is 0 Å². The first-order valence-corrected chi connectivity index (χ1v) is 33.3. The maximum atomic E-state index is 13.1. The van der Waals surface area contributed by atoms with Gasteiger partial charge in [0.25, 0.3) is 17.7 Å². The van der Waals surface area contributed by atoms with Crippen LogP contribution in [-0.4, -0.2) is 91.3 Å². The van der Waals surface area contributed by atoms with Crippen LogP contribution in [-0.2, 0) is 42.3 Å². The molecular weight excluding hydrogens is 1180 g/mol. The number of rotatable bonds is 7. The van der Waals surface area contributed by atoms with E-state index in [1.54, 1.807) is 36.4 Å². The van der Waals surface area contributed by atoms with Crippen LogP contribution in [0.3, 0.4) is 0 Å². The second kappa shape index (κ2) is 28.1. The second-order valence-electron chi connectivity index (χ2n) is 25.8. The molecule has 5 aliphatic heterocycles. The Morgan fingerprint density at radius 2 is 0.832 bits per heavy atom. The zero-order valence-electron chi connectivity index (χ0n) is 53.9. The standard InChI is InChI=1S/C28H29N3O2.C27H26N2O2.C26H25N3O2/c1-2-30-20-28(24-18-22(19-29)9-12-25(24)30)14-16-31(17-15-28)27(32)26-13-11-23(33-26)10-8-21-6-4-3-5-7-21;28-19-21-6-8-22-12-13-27(24(22)18-21)14-16-29(17-15-27)26(30)25-11-10-23(31-25)9-7-20-4-2-1-3-5-20;27-17-20-7-10-23-22(16-20)26(18-28-23)12-14-29(15-13-26)25(30)24-11-9-21(31-24)8-6-19-4-2-1-3-5-19/h3-7,9,11-13,18H,2,14-17,19-20,29H2,1H3;1-6,8,10-11,18H,12-17,19,28H2;1-5,7,9-11,16,28H,12-15,17-18,27H2. The van der Waals surface area contributed by atoms with E-state index in [0.717, 1.165) is 99.9 Å². The van der Waals surface area contributed by atoms with Crippen molar-refractivity contribution in [2.24, 2.45) is 17.2 Å². The van der Waals surface area contributed by atoms with Crippen molar-refractivity contribution in [3.05, 3.63) is 272 Å². The van der Waals surface area contributed by atoms with Gasteiger partial charge < -0.3 is 55.4 Å². The van der Waals surface area contributed by atoms with Crippen molar-refractivity contribution in [1.82, 2.24) is 14.7 Å². The number of furan rings is 3. The van der Waals surface area contributed by atoms with Crippen LogP contribution < -0.4 is 27.4 Å². The number of benzene rings is 6. The molecule has 0 radical (unpaired) electrons. The third kappa shape index (κ3) is 13.7. The van der Waals surface area contributed by atoms with Gasteiger partial charge in [-0.15, -0.1) is 0 Å². The van der Waals surface area contributed by atoms with Crippen LogP contribution in [0, 0.1) is 35.5 Å². The predicted octanol–water partition coefficient (Wildman–Crippen LogP) is 12.1. The fourth-order valence-corrected chi connectivity index (χ4v) is 14.7. The number of likely N-dealkylation sites (N-methyl/N-ethyl adjacent to an activating group) is 1. The van der Waals surface area contributed by atoms with Crippen LogP contribution in [0.4, 0.5) is 11.4 Å². The minimum absolute atomic E-state index is 0.0449. The number of hydrogen-bond acceptors (Lipinski definition) is 11. The van der Waals surface area contributed by atoms with E-state index in [0.29, 0.717) is 80.4 Å². The largest absolute Gasteiger partial charge is 0.443 e. The zero-order chi connectivity index (χ0) is 65.4. The van der Waals surface area contributed by atoms with Gasteiger partial charge in [-0.25, -0.2) is 0 Å². The summed E-state index contributed by atoms with van der Waals surface area (Å²) in [6.07, 6.45) is 7.99. The molecule has 95 heavy (non-hydrogen) atoms. The van der Waals surface area contributed by atoms with E-state index in [4.69, 9.17) is 30.5 Å². The molecule has 15 rings (SSSR count). The molecule has 0 bridgehead atoms. The number of hydrogen-bond donors (Lipinski definition) is 4. The van der Waals surface area contributed by atoms with E-state index in [1.165, 1.54) is 51.2 Å². The molecule has 3 spiro atoms. The molecule has 9 aromatic rings. The Hall–Kier alpha value is -10.3. The maximum Gasteiger partial charge on any atom is 0.289 e. The highest BCUT2D eigenvalue weighted by Crippen LogP contribution is 2.49. The fourth-order valence-electron chi connectivity index (χ4n) is 14.7. The normalized spacial score (nSPS) is 16.5. The summed E-state index contributed by atoms with van der Waals surface area (Å²) in [6.45, 7) is 11.1. The number of fused-ring (bicyclic) bond motifs is 6. The molecule has 7 N–H and O–H groups in total. The lowest BCUT2D eigenvalue weighted by molar-refractivity contribution is 0.0629. The Morgan fingerprint density at radius 1 is 0.432 bits per heavy atom. The molecule has 3 amide bonds. The average Bonchev–Trinajstić information content (AvgIpc) is 1.62. The summed E-state index contributed by atoms with van der Waals surface area (Å²) in [4.78, 5) is 47.3. The highest BCUT2D eigenvalue weighted by atomic mass is 16.4. The highest BCUT2D eigenvalue weighted by Gasteiger charge is 2.47. The van der Waals surface area contributed by atoms with Crippen molar-refractivity contribution in [1.29, 1.82) is 0 Å². The number of amides is 3. The summed E-state index contributed by atoms with van der Waals surface area (Å²) >= 11 is 0. The first kappa shape index (κ1) is 63.5. The van der Waals surface area contributed by atoms with Crippen LogP contribution in [0.15, 0.2) is 195 Å². The fraction of sp³-hybridized carbons (Fsp3) is 0.296. The Balaban J connectivity index is 0.000000129. The van der Waals surface area contributed by atoms with E-state index in [2.05, 4.69) is 107 Å². The Bertz CT molecular complexity index is 4240. The van der Waals surface area contributed by atoms with Gasteiger partial charge in [-0.1, -0.05) is 115 Å². The van der Waals surface area contributed by atoms with Gasteiger partial charge in [0.1, 0.15) is 0 Å². The second-order valence-corrected chi connectivity index (χ2v) is 25.8. The predicted molar refractivity (Wildman–Crippen MR) is 372 cm³/mol. The molecule has 0 unspecified atom stereocenters. The summed E-state index contributed by atoms with van der Waals surface area (Å²) in [5, 5.41) is 3.54. The van der Waals surface area contributed by atoms with Crippen molar-refractivity contribution in [3.63, 3.8) is 0 Å². The first-order valence-electron chi connectivity index (χ1n) is 33.3. The smallest absolute Gasteiger partial charge is 0.289 e. The van der Waals surface area contributed by atoms with Crippen LogP contribution in [0.25, 0.3) is 0 Å². The number of likely N-dealkylation sites (tertiary alicyclic amines) is 3. The summed E-state index contributed by atoms with van der Waals surface area (Å²) in [5.41, 5.74) is 32.4. The molecule has 3 aromatic heterocycles. The molecule has 0 atom stereocenters. The number of nitrogens with one attached hydrogen (secondary N) is 1. The van der Waals surface area contributed by atoms with E-state index in [-0.39, 0.29) is 34.0 Å². The summed E-state index contributed by atoms with van der Waals surface area (Å²) in [5.74, 6) is 20.6. The Morgan fingerprint density at radius 3 is 1.27 bits per heavy atom. The molecule has 3 fully saturated rings. The van der Waals surface area contributed by atoms with Crippen molar-refractivity contribution < 1.29 is 27.6 Å². The van der Waals surface area contributed by atoms with E-state index in [9.17, 15) is 14.4 Å². The van der Waals surface area contributed by atoms with Crippen molar-refractivity contribution in [3.8, 4) is 35.5 Å². The van der Waals surface area contributed by atoms with Gasteiger partial charge in [-0.3, -0.25) is 14.4 Å². The van der Waals surface area contributed by atoms with Gasteiger partial charge in [0.2, 0.25) is 0 Å². The topological polar surface area (TPSA) is 194 Å². The first-order chi connectivity index (χ1) is 46.4. The molecule has 14 nitrogen and oxygen atoms in total. The minimum Gasteiger partial charge on any atom is -0.443 e. The van der Waals surface area contributed by atoms with E-state index < -0.39 is 0 Å². The minimum atomic E-state index is -0.0653. The Labute approximate surface area is 556 Å². The number of nitrogens with two attached hydrogens (primary N) is 3. The van der Waals surface area contributed by atoms with Gasteiger partial charge in [-0.05, 0) is 205 Å². The Kier molecular flexibility index (Phi) is 18.8. The monoisotopic (exact) mass is 1260 g/mol. The molecule has 8 heterocycles. The van der Waals surface area contributed by atoms with Gasteiger partial charge in [-0.2, -0.15) is 0 Å². The number of carbonyl (C=O) groups is 3.